The van der Waals surface area contributed by atoms with Crippen LogP contribution in [0.5, 0.6) is 0 Å². The van der Waals surface area contributed by atoms with Crippen molar-refractivity contribution in [2.45, 2.75) is 19.8 Å². The molecule has 5 nitrogen and oxygen atoms in total. The van der Waals surface area contributed by atoms with Crippen LogP contribution in [0.2, 0.25) is 0 Å². The minimum absolute atomic E-state index is 0.00894. The fourth-order valence-electron chi connectivity index (χ4n) is 3.40. The minimum Gasteiger partial charge on any atom is -0.481 e. The smallest absolute Gasteiger partial charge is 0.303 e. The zero-order valence-corrected chi connectivity index (χ0v) is 17.3. The highest BCUT2D eigenvalue weighted by Crippen LogP contribution is 2.36. The van der Waals surface area contributed by atoms with Crippen LogP contribution in [0, 0.1) is 6.92 Å². The normalized spacial score (nSPS) is 15.8. The van der Waals surface area contributed by atoms with Gasteiger partial charge in [0.2, 0.25) is 0 Å². The zero-order chi connectivity index (χ0) is 20.5. The average molecular weight is 423 g/mol. The number of para-hydroxylation sites is 1. The molecular weight excluding hydrogens is 404 g/mol. The van der Waals surface area contributed by atoms with Crippen LogP contribution < -0.4 is 0 Å². The Morgan fingerprint density at radius 3 is 2.76 bits per heavy atom. The number of nitrogens with zero attached hydrogens (tertiary/aromatic N) is 2. The molecule has 0 saturated carbocycles. The highest BCUT2D eigenvalue weighted by atomic mass is 32.2. The van der Waals surface area contributed by atoms with E-state index < -0.39 is 5.97 Å². The summed E-state index contributed by atoms with van der Waals surface area (Å²) in [4.78, 5) is 30.5. The molecule has 0 bridgehead atoms. The van der Waals surface area contributed by atoms with Crippen molar-refractivity contribution in [2.24, 2.45) is 0 Å². The van der Waals surface area contributed by atoms with Crippen LogP contribution in [0.15, 0.2) is 47.4 Å². The van der Waals surface area contributed by atoms with Crippen molar-refractivity contribution in [3.05, 3.63) is 58.5 Å². The summed E-state index contributed by atoms with van der Waals surface area (Å²) in [6.07, 6.45) is 2.27. The molecule has 0 atom stereocenters. The van der Waals surface area contributed by atoms with Gasteiger partial charge >= 0.3 is 5.97 Å². The van der Waals surface area contributed by atoms with Gasteiger partial charge in [-0.2, -0.15) is 0 Å². The first-order valence-electron chi connectivity index (χ1n) is 9.20. The second-order valence-corrected chi connectivity index (χ2v) is 8.57. The predicted octanol–water partition coefficient (Wildman–Crippen LogP) is 4.76. The van der Waals surface area contributed by atoms with E-state index in [0.717, 1.165) is 32.9 Å². The molecule has 0 spiro atoms. The van der Waals surface area contributed by atoms with Gasteiger partial charge in [0.1, 0.15) is 4.32 Å². The standard InChI is InChI=1S/C22H18N2O3S2/c1-13-8-9-18-16(11-13)15(14-5-2-3-6-17(14)23-18)12-19-21(27)24(22(28)29-19)10-4-7-20(25)26/h2-3,5-6,8-9,11-12H,4,7,10H2,1H3,(H,25,26). The van der Waals surface area contributed by atoms with Crippen molar-refractivity contribution in [2.75, 3.05) is 6.54 Å². The lowest BCUT2D eigenvalue weighted by atomic mass is 10.0. The van der Waals surface area contributed by atoms with E-state index >= 15 is 0 Å². The number of amides is 1. The lowest BCUT2D eigenvalue weighted by molar-refractivity contribution is -0.137. The van der Waals surface area contributed by atoms with Gasteiger partial charge in [-0.1, -0.05) is 53.8 Å². The summed E-state index contributed by atoms with van der Waals surface area (Å²) in [5, 5.41) is 10.8. The first kappa shape index (κ1) is 19.5. The Balaban J connectivity index is 1.79. The summed E-state index contributed by atoms with van der Waals surface area (Å²) in [7, 11) is 0. The van der Waals surface area contributed by atoms with E-state index in [9.17, 15) is 9.59 Å². The van der Waals surface area contributed by atoms with E-state index in [0.29, 0.717) is 22.2 Å². The first-order valence-corrected chi connectivity index (χ1v) is 10.4. The van der Waals surface area contributed by atoms with Gasteiger partial charge in [0.25, 0.3) is 5.91 Å². The number of hydrogen-bond acceptors (Lipinski definition) is 5. The lowest BCUT2D eigenvalue weighted by Gasteiger charge is -2.13. The van der Waals surface area contributed by atoms with Crippen molar-refractivity contribution in [3.63, 3.8) is 0 Å². The molecular formula is C22H18N2O3S2. The summed E-state index contributed by atoms with van der Waals surface area (Å²) in [6, 6.07) is 14.0. The molecule has 1 aliphatic rings. The quantitative estimate of drug-likeness (QED) is 0.363. The molecule has 1 aliphatic heterocycles. The molecule has 1 amide bonds. The van der Waals surface area contributed by atoms with Gasteiger partial charge in [-0.05, 0) is 43.2 Å². The predicted molar refractivity (Wildman–Crippen MR) is 121 cm³/mol. The molecule has 1 saturated heterocycles. The molecule has 0 unspecified atom stereocenters. The number of aromatic nitrogens is 1. The fourth-order valence-corrected chi connectivity index (χ4v) is 4.69. The number of rotatable bonds is 5. The average Bonchev–Trinajstić information content (AvgIpc) is 2.95. The molecule has 3 aromatic rings. The molecule has 146 valence electrons. The van der Waals surface area contributed by atoms with Crippen molar-refractivity contribution in [3.8, 4) is 0 Å². The summed E-state index contributed by atoms with van der Waals surface area (Å²) in [5.41, 5.74) is 3.80. The van der Waals surface area contributed by atoms with Crippen LogP contribution in [0.4, 0.5) is 0 Å². The number of thiocarbonyl (C=S) groups is 1. The number of thioether (sulfide) groups is 1. The zero-order valence-electron chi connectivity index (χ0n) is 15.7. The van der Waals surface area contributed by atoms with E-state index in [1.165, 1.54) is 16.7 Å². The largest absolute Gasteiger partial charge is 0.481 e. The van der Waals surface area contributed by atoms with E-state index in [2.05, 4.69) is 6.07 Å². The van der Waals surface area contributed by atoms with Gasteiger partial charge < -0.3 is 5.11 Å². The van der Waals surface area contributed by atoms with Crippen LogP contribution in [-0.4, -0.2) is 37.7 Å². The number of aryl methyl sites for hydroxylation is 1. The molecule has 29 heavy (non-hydrogen) atoms. The summed E-state index contributed by atoms with van der Waals surface area (Å²) >= 11 is 6.63. The molecule has 0 radical (unpaired) electrons. The number of benzene rings is 2. The maximum atomic E-state index is 12.9. The first-order chi connectivity index (χ1) is 13.9. The van der Waals surface area contributed by atoms with Crippen molar-refractivity contribution >= 4 is 68.1 Å². The van der Waals surface area contributed by atoms with Gasteiger partial charge in [-0.25, -0.2) is 4.98 Å². The summed E-state index contributed by atoms with van der Waals surface area (Å²) < 4.78 is 0.463. The molecule has 1 fully saturated rings. The number of carboxylic acid groups (broad SMARTS) is 1. The number of carboxylic acids is 1. The lowest BCUT2D eigenvalue weighted by Crippen LogP contribution is -2.29. The Hall–Kier alpha value is -2.77. The third kappa shape index (κ3) is 3.88. The molecule has 2 aromatic carbocycles. The monoisotopic (exact) mass is 422 g/mol. The van der Waals surface area contributed by atoms with Crippen molar-refractivity contribution in [1.29, 1.82) is 0 Å². The van der Waals surface area contributed by atoms with Gasteiger partial charge in [0.05, 0.1) is 15.9 Å². The van der Waals surface area contributed by atoms with Gasteiger partial charge in [0.15, 0.2) is 0 Å². The topological polar surface area (TPSA) is 70.5 Å². The van der Waals surface area contributed by atoms with E-state index in [1.807, 2.05) is 49.4 Å². The molecule has 1 aromatic heterocycles. The van der Waals surface area contributed by atoms with E-state index in [-0.39, 0.29) is 12.3 Å². The van der Waals surface area contributed by atoms with Gasteiger partial charge in [-0.3, -0.25) is 14.5 Å². The number of fused-ring (bicyclic) bond motifs is 2. The van der Waals surface area contributed by atoms with Crippen molar-refractivity contribution < 1.29 is 14.7 Å². The Labute approximate surface area is 177 Å². The number of aliphatic carboxylic acids is 1. The highest BCUT2D eigenvalue weighted by Gasteiger charge is 2.32. The Morgan fingerprint density at radius 1 is 1.21 bits per heavy atom. The maximum Gasteiger partial charge on any atom is 0.303 e. The molecule has 4 rings (SSSR count). The Bertz CT molecular complexity index is 1200. The van der Waals surface area contributed by atoms with E-state index in [4.69, 9.17) is 22.3 Å². The number of hydrogen-bond donors (Lipinski definition) is 1. The summed E-state index contributed by atoms with van der Waals surface area (Å²) in [5.74, 6) is -1.05. The molecule has 2 heterocycles. The van der Waals surface area contributed by atoms with E-state index in [1.54, 1.807) is 0 Å². The molecule has 1 N–H and O–H groups in total. The second-order valence-electron chi connectivity index (χ2n) is 6.89. The van der Waals surface area contributed by atoms with Crippen molar-refractivity contribution in [1.82, 2.24) is 9.88 Å². The van der Waals surface area contributed by atoms with Crippen LogP contribution in [0.1, 0.15) is 24.0 Å². The Kier molecular flexibility index (Phi) is 5.34. The Morgan fingerprint density at radius 2 is 1.97 bits per heavy atom. The van der Waals surface area contributed by atoms with Crippen LogP contribution in [0.25, 0.3) is 27.9 Å². The number of carbonyl (C=O) groups excluding carboxylic acids is 1. The van der Waals surface area contributed by atoms with Crippen LogP contribution in [-0.2, 0) is 9.59 Å². The number of pyridine rings is 1. The molecule has 7 heteroatoms. The molecule has 0 aliphatic carbocycles. The maximum absolute atomic E-state index is 12.9. The van der Waals surface area contributed by atoms with Gasteiger partial charge in [0, 0.05) is 23.7 Å². The number of carbonyl (C=O) groups is 2. The second kappa shape index (κ2) is 7.93. The van der Waals surface area contributed by atoms with Crippen LogP contribution >= 0.6 is 24.0 Å². The highest BCUT2D eigenvalue weighted by molar-refractivity contribution is 8.26. The third-order valence-electron chi connectivity index (χ3n) is 4.80. The fraction of sp³-hybridized carbons (Fsp3) is 0.182. The van der Waals surface area contributed by atoms with Crippen LogP contribution in [0.3, 0.4) is 0 Å². The van der Waals surface area contributed by atoms with Gasteiger partial charge in [-0.15, -0.1) is 0 Å². The summed E-state index contributed by atoms with van der Waals surface area (Å²) in [6.45, 7) is 2.34. The third-order valence-corrected chi connectivity index (χ3v) is 6.18. The SMILES string of the molecule is Cc1ccc2nc3ccccc3c(C=C3SC(=S)N(CCCC(=O)O)C3=O)c2c1. The minimum atomic E-state index is -0.879.